The summed E-state index contributed by atoms with van der Waals surface area (Å²) < 4.78 is 0. The van der Waals surface area contributed by atoms with Crippen LogP contribution in [0.1, 0.15) is 85.0 Å². The summed E-state index contributed by atoms with van der Waals surface area (Å²) in [5.41, 5.74) is 0.776. The molecule has 26 heavy (non-hydrogen) atoms. The van der Waals surface area contributed by atoms with Gasteiger partial charge in [0.05, 0.1) is 0 Å². The molecule has 5 unspecified atom stereocenters. The Balaban J connectivity index is 0.000000948. The minimum Gasteiger partial charge on any atom is -0.320 e. The summed E-state index contributed by atoms with van der Waals surface area (Å²) in [4.78, 5) is 0. The van der Waals surface area contributed by atoms with Crippen molar-refractivity contribution in [1.82, 2.24) is 10.6 Å². The van der Waals surface area contributed by atoms with Crippen molar-refractivity contribution in [2.75, 3.05) is 26.7 Å². The van der Waals surface area contributed by atoms with Crippen molar-refractivity contribution in [3.8, 4) is 0 Å². The zero-order valence-corrected chi connectivity index (χ0v) is 18.2. The molecular weight excluding hydrogens is 316 g/mol. The van der Waals surface area contributed by atoms with Gasteiger partial charge >= 0.3 is 0 Å². The van der Waals surface area contributed by atoms with Crippen LogP contribution in [-0.4, -0.2) is 26.7 Å². The Morgan fingerprint density at radius 3 is 2.58 bits per heavy atom. The van der Waals surface area contributed by atoms with Crippen molar-refractivity contribution in [3.63, 3.8) is 0 Å². The van der Waals surface area contributed by atoms with Crippen LogP contribution in [-0.2, 0) is 0 Å². The third-order valence-electron chi connectivity index (χ3n) is 8.80. The Morgan fingerprint density at radius 2 is 1.77 bits per heavy atom. The van der Waals surface area contributed by atoms with Crippen LogP contribution >= 0.6 is 0 Å². The van der Waals surface area contributed by atoms with Crippen LogP contribution in [0, 0.1) is 40.9 Å². The predicted molar refractivity (Wildman–Crippen MR) is 113 cm³/mol. The fourth-order valence-corrected chi connectivity index (χ4v) is 7.75. The van der Waals surface area contributed by atoms with E-state index in [4.69, 9.17) is 0 Å². The van der Waals surface area contributed by atoms with E-state index in [9.17, 15) is 0 Å². The first-order valence-electron chi connectivity index (χ1n) is 12.1. The van der Waals surface area contributed by atoms with Gasteiger partial charge in [0.1, 0.15) is 0 Å². The second kappa shape index (κ2) is 9.41. The lowest BCUT2D eigenvalue weighted by molar-refractivity contribution is -0.0552. The average molecular weight is 363 g/mol. The van der Waals surface area contributed by atoms with E-state index in [0.717, 1.165) is 47.5 Å². The maximum absolute atomic E-state index is 3.79. The van der Waals surface area contributed by atoms with Gasteiger partial charge in [-0.25, -0.2) is 0 Å². The summed E-state index contributed by atoms with van der Waals surface area (Å²) in [5, 5.41) is 7.05. The first-order valence-corrected chi connectivity index (χ1v) is 12.1. The standard InChI is InChI=1S/C22H40N2.C2H6/c1-16-5-3-6-20-19(16)9-10-22-13-17(7-8-21(20)22)18(14-22)15-24-12-4-11-23-2;1-2/h16-21,23-24H,3-15H2,1-2H3;1-2H3/t16-,17?,18+,19?,20?,21?,22?;/m0./s1. The molecular formula is C24H46N2. The maximum Gasteiger partial charge on any atom is -0.00176 e. The van der Waals surface area contributed by atoms with Gasteiger partial charge < -0.3 is 10.6 Å². The number of hydrogen-bond donors (Lipinski definition) is 2. The monoisotopic (exact) mass is 362 g/mol. The lowest BCUT2D eigenvalue weighted by Gasteiger charge is -2.55. The topological polar surface area (TPSA) is 24.1 Å². The number of nitrogens with one attached hydrogen (secondary N) is 2. The third-order valence-corrected chi connectivity index (χ3v) is 8.80. The van der Waals surface area contributed by atoms with Gasteiger partial charge in [0.2, 0.25) is 0 Å². The molecule has 4 rings (SSSR count). The molecule has 4 aliphatic rings. The highest BCUT2D eigenvalue weighted by molar-refractivity contribution is 5.08. The van der Waals surface area contributed by atoms with Crippen LogP contribution in [0.2, 0.25) is 0 Å². The van der Waals surface area contributed by atoms with E-state index in [-0.39, 0.29) is 0 Å². The van der Waals surface area contributed by atoms with Gasteiger partial charge in [-0.05, 0) is 119 Å². The molecule has 0 amide bonds. The molecule has 2 N–H and O–H groups in total. The molecule has 2 nitrogen and oxygen atoms in total. The fraction of sp³-hybridized carbons (Fsp3) is 1.00. The third kappa shape index (κ3) is 4.02. The van der Waals surface area contributed by atoms with Gasteiger partial charge in [-0.1, -0.05) is 33.6 Å². The summed E-state index contributed by atoms with van der Waals surface area (Å²) in [5.74, 6) is 6.35. The largest absolute Gasteiger partial charge is 0.320 e. The van der Waals surface area contributed by atoms with Crippen LogP contribution in [0.4, 0.5) is 0 Å². The lowest BCUT2D eigenvalue weighted by Crippen LogP contribution is -2.46. The number of rotatable bonds is 6. The summed E-state index contributed by atoms with van der Waals surface area (Å²) >= 11 is 0. The van der Waals surface area contributed by atoms with E-state index in [1.165, 1.54) is 32.4 Å². The minimum absolute atomic E-state index is 0.776. The fourth-order valence-electron chi connectivity index (χ4n) is 7.75. The molecule has 2 bridgehead atoms. The summed E-state index contributed by atoms with van der Waals surface area (Å²) in [6.45, 7) is 10.2. The number of fused-ring (bicyclic) bond motifs is 3. The van der Waals surface area contributed by atoms with Crippen LogP contribution < -0.4 is 10.6 Å². The van der Waals surface area contributed by atoms with E-state index in [0.29, 0.717) is 0 Å². The van der Waals surface area contributed by atoms with Gasteiger partial charge in [0.15, 0.2) is 0 Å². The average Bonchev–Trinajstić information content (AvgIpc) is 2.93. The van der Waals surface area contributed by atoms with Crippen molar-refractivity contribution in [3.05, 3.63) is 0 Å². The van der Waals surface area contributed by atoms with Crippen molar-refractivity contribution in [2.45, 2.75) is 85.0 Å². The molecule has 4 fully saturated rings. The minimum atomic E-state index is 0.776. The highest BCUT2D eigenvalue weighted by Crippen LogP contribution is 2.66. The molecule has 0 saturated heterocycles. The van der Waals surface area contributed by atoms with E-state index < -0.39 is 0 Å². The van der Waals surface area contributed by atoms with Crippen LogP contribution in [0.3, 0.4) is 0 Å². The van der Waals surface area contributed by atoms with Crippen molar-refractivity contribution < 1.29 is 0 Å². The van der Waals surface area contributed by atoms with E-state index >= 15 is 0 Å². The smallest absolute Gasteiger partial charge is 0.00176 e. The normalized spacial score (nSPS) is 43.8. The van der Waals surface area contributed by atoms with E-state index in [2.05, 4.69) is 24.6 Å². The lowest BCUT2D eigenvalue weighted by atomic mass is 9.50. The Bertz CT molecular complexity index is 422. The molecule has 152 valence electrons. The summed E-state index contributed by atoms with van der Waals surface area (Å²) in [7, 11) is 2.06. The molecule has 4 saturated carbocycles. The zero-order valence-electron chi connectivity index (χ0n) is 18.2. The molecule has 0 radical (unpaired) electrons. The number of hydrogen-bond acceptors (Lipinski definition) is 2. The SMILES string of the molecule is CC.CNCCCNC[C@H]1CC23CCC4C(CCC[C@@H]4C)C2CCC1C3. The van der Waals surface area contributed by atoms with Crippen LogP contribution in [0.15, 0.2) is 0 Å². The Morgan fingerprint density at radius 1 is 0.923 bits per heavy atom. The first kappa shape index (κ1) is 20.6. The van der Waals surface area contributed by atoms with E-state index in [1.54, 1.807) is 44.9 Å². The molecule has 0 heterocycles. The van der Waals surface area contributed by atoms with Gasteiger partial charge in [0.25, 0.3) is 0 Å². The molecule has 1 spiro atoms. The van der Waals surface area contributed by atoms with Crippen molar-refractivity contribution in [2.24, 2.45) is 40.9 Å². The summed E-state index contributed by atoms with van der Waals surface area (Å²) in [6, 6.07) is 0. The molecule has 2 heteroatoms. The van der Waals surface area contributed by atoms with Gasteiger partial charge in [-0.3, -0.25) is 0 Å². The quantitative estimate of drug-likeness (QED) is 0.611. The molecule has 0 aromatic heterocycles. The van der Waals surface area contributed by atoms with Gasteiger partial charge in [-0.15, -0.1) is 0 Å². The Labute approximate surface area is 163 Å². The summed E-state index contributed by atoms with van der Waals surface area (Å²) in [6.07, 6.45) is 15.3. The van der Waals surface area contributed by atoms with Crippen LogP contribution in [0.25, 0.3) is 0 Å². The second-order valence-corrected chi connectivity index (χ2v) is 9.91. The van der Waals surface area contributed by atoms with Crippen molar-refractivity contribution >= 4 is 0 Å². The molecule has 0 aliphatic heterocycles. The molecule has 4 aliphatic carbocycles. The maximum atomic E-state index is 3.79. The Kier molecular flexibility index (Phi) is 7.48. The van der Waals surface area contributed by atoms with Crippen molar-refractivity contribution in [1.29, 1.82) is 0 Å². The van der Waals surface area contributed by atoms with Crippen LogP contribution in [0.5, 0.6) is 0 Å². The zero-order chi connectivity index (χ0) is 18.6. The second-order valence-electron chi connectivity index (χ2n) is 9.91. The molecule has 0 aromatic carbocycles. The Hall–Kier alpha value is -0.0800. The molecule has 7 atom stereocenters. The molecule has 0 aromatic rings. The first-order chi connectivity index (χ1) is 12.7. The van der Waals surface area contributed by atoms with E-state index in [1.807, 2.05) is 13.8 Å². The van der Waals surface area contributed by atoms with Gasteiger partial charge in [0, 0.05) is 0 Å². The van der Waals surface area contributed by atoms with Gasteiger partial charge in [-0.2, -0.15) is 0 Å². The predicted octanol–water partition coefficient (Wildman–Crippen LogP) is 5.48. The highest BCUT2D eigenvalue weighted by Gasteiger charge is 2.57. The highest BCUT2D eigenvalue weighted by atomic mass is 14.9.